The van der Waals surface area contributed by atoms with Gasteiger partial charge in [-0.1, -0.05) is 13.3 Å². The maximum absolute atomic E-state index is 11.5. The molecule has 1 aliphatic heterocycles. The van der Waals surface area contributed by atoms with Gasteiger partial charge in [0.15, 0.2) is 9.84 Å². The number of nitrogens with one attached hydrogen (secondary N) is 1. The van der Waals surface area contributed by atoms with Crippen LogP contribution in [0.5, 0.6) is 0 Å². The molecule has 0 aliphatic carbocycles. The van der Waals surface area contributed by atoms with Gasteiger partial charge in [0, 0.05) is 5.25 Å². The summed E-state index contributed by atoms with van der Waals surface area (Å²) in [4.78, 5) is 11.1. The highest BCUT2D eigenvalue weighted by atomic mass is 32.2. The van der Waals surface area contributed by atoms with E-state index in [0.29, 0.717) is 0 Å². The summed E-state index contributed by atoms with van der Waals surface area (Å²) in [6, 6.07) is -0.325. The lowest BCUT2D eigenvalue weighted by Crippen LogP contribution is -2.41. The second-order valence-corrected chi connectivity index (χ2v) is 7.58. The van der Waals surface area contributed by atoms with Gasteiger partial charge in [-0.3, -0.25) is 0 Å². The molecule has 0 spiro atoms. The highest BCUT2D eigenvalue weighted by Gasteiger charge is 2.38. The van der Waals surface area contributed by atoms with Crippen molar-refractivity contribution in [2.45, 2.75) is 31.1 Å². The Morgan fingerprint density at radius 1 is 1.47 bits per heavy atom. The second-order valence-electron chi connectivity index (χ2n) is 4.08. The predicted octanol–water partition coefficient (Wildman–Crippen LogP) is 1.04. The lowest BCUT2D eigenvalue weighted by molar-refractivity contribution is 0.168. The number of ether oxygens (including phenoxy) is 1. The molecule has 1 saturated heterocycles. The molecule has 0 bridgehead atoms. The van der Waals surface area contributed by atoms with Crippen molar-refractivity contribution in [3.05, 3.63) is 0 Å². The Morgan fingerprint density at radius 2 is 2.18 bits per heavy atom. The molecule has 0 aromatic heterocycles. The van der Waals surface area contributed by atoms with Crippen LogP contribution in [0.15, 0.2) is 0 Å². The van der Waals surface area contributed by atoms with Crippen LogP contribution in [-0.4, -0.2) is 50.2 Å². The lowest BCUT2D eigenvalue weighted by atomic mass is 10.2. The van der Waals surface area contributed by atoms with Gasteiger partial charge in [-0.15, -0.1) is 0 Å². The Labute approximate surface area is 107 Å². The van der Waals surface area contributed by atoms with Crippen molar-refractivity contribution in [3.63, 3.8) is 0 Å². The second kappa shape index (κ2) is 6.49. The van der Waals surface area contributed by atoms with E-state index in [1.165, 1.54) is 7.11 Å². The molecular weight excluding hydrogens is 262 g/mol. The first kappa shape index (κ1) is 14.6. The van der Waals surface area contributed by atoms with Gasteiger partial charge in [0.05, 0.1) is 24.7 Å². The van der Waals surface area contributed by atoms with Crippen molar-refractivity contribution in [1.82, 2.24) is 5.32 Å². The predicted molar refractivity (Wildman–Crippen MR) is 69.1 cm³/mol. The number of methoxy groups -OCH3 is 1. The number of hydrogen-bond donors (Lipinski definition) is 1. The summed E-state index contributed by atoms with van der Waals surface area (Å²) < 4.78 is 27.6. The number of amides is 1. The maximum Gasteiger partial charge on any atom is 0.407 e. The summed E-state index contributed by atoms with van der Waals surface area (Å²) in [6.07, 6.45) is 1.58. The van der Waals surface area contributed by atoms with Gasteiger partial charge in [-0.2, -0.15) is 11.8 Å². The van der Waals surface area contributed by atoms with Crippen molar-refractivity contribution >= 4 is 27.7 Å². The molecule has 2 atom stereocenters. The number of carbonyl (C=O) groups excluding carboxylic acids is 1. The summed E-state index contributed by atoms with van der Waals surface area (Å²) in [5.74, 6) is 1.10. The van der Waals surface area contributed by atoms with E-state index in [-0.39, 0.29) is 22.8 Å². The zero-order valence-corrected chi connectivity index (χ0v) is 11.8. The van der Waals surface area contributed by atoms with Crippen LogP contribution in [0.25, 0.3) is 0 Å². The molecule has 1 fully saturated rings. The molecular formula is C10H19NO4S2. The Hall–Kier alpha value is -0.430. The lowest BCUT2D eigenvalue weighted by Gasteiger charge is -2.18. The Morgan fingerprint density at radius 3 is 2.76 bits per heavy atom. The summed E-state index contributed by atoms with van der Waals surface area (Å²) in [7, 11) is -1.75. The summed E-state index contributed by atoms with van der Waals surface area (Å²) in [6.45, 7) is 2.09. The highest BCUT2D eigenvalue weighted by molar-refractivity contribution is 8.01. The molecule has 7 heteroatoms. The van der Waals surface area contributed by atoms with Crippen LogP contribution in [0.2, 0.25) is 0 Å². The molecule has 5 nitrogen and oxygen atoms in total. The van der Waals surface area contributed by atoms with Crippen LogP contribution in [0.4, 0.5) is 4.79 Å². The minimum Gasteiger partial charge on any atom is -0.453 e. The van der Waals surface area contributed by atoms with Crippen molar-refractivity contribution < 1.29 is 17.9 Å². The molecule has 0 aromatic carbocycles. The largest absolute Gasteiger partial charge is 0.453 e. The van der Waals surface area contributed by atoms with Gasteiger partial charge in [0.25, 0.3) is 0 Å². The molecule has 17 heavy (non-hydrogen) atoms. The third kappa shape index (κ3) is 4.75. The van der Waals surface area contributed by atoms with E-state index in [1.54, 1.807) is 11.8 Å². The number of alkyl carbamates (subject to hydrolysis) is 1. The average molecular weight is 281 g/mol. The van der Waals surface area contributed by atoms with Crippen LogP contribution in [0, 0.1) is 0 Å². The molecule has 0 radical (unpaired) electrons. The van der Waals surface area contributed by atoms with Crippen molar-refractivity contribution in [3.8, 4) is 0 Å². The molecule has 1 amide bonds. The molecule has 1 heterocycles. The van der Waals surface area contributed by atoms with Crippen LogP contribution in [0.1, 0.15) is 19.8 Å². The molecule has 100 valence electrons. The van der Waals surface area contributed by atoms with Crippen LogP contribution < -0.4 is 5.32 Å². The van der Waals surface area contributed by atoms with E-state index in [1.807, 2.05) is 0 Å². The van der Waals surface area contributed by atoms with Crippen LogP contribution in [-0.2, 0) is 14.6 Å². The quantitative estimate of drug-likeness (QED) is 0.762. The van der Waals surface area contributed by atoms with E-state index >= 15 is 0 Å². The van der Waals surface area contributed by atoms with Crippen molar-refractivity contribution in [2.24, 2.45) is 0 Å². The molecule has 1 rings (SSSR count). The number of hydrogen-bond acceptors (Lipinski definition) is 5. The standard InChI is InChI=1S/C10H19NO4S2/c1-3-4-5-16-9-7-17(13,14)6-8(9)11-10(12)15-2/h8-9H,3-7H2,1-2H3,(H,11,12). The van der Waals surface area contributed by atoms with E-state index in [9.17, 15) is 13.2 Å². The number of sulfone groups is 1. The normalized spacial score (nSPS) is 26.7. The minimum atomic E-state index is -3.03. The monoisotopic (exact) mass is 281 g/mol. The number of rotatable bonds is 5. The molecule has 0 aromatic rings. The molecule has 0 saturated carbocycles. The van der Waals surface area contributed by atoms with E-state index in [2.05, 4.69) is 17.0 Å². The fourth-order valence-electron chi connectivity index (χ4n) is 1.70. The van der Waals surface area contributed by atoms with Gasteiger partial charge < -0.3 is 10.1 Å². The molecule has 1 aliphatic rings. The fraction of sp³-hybridized carbons (Fsp3) is 0.900. The third-order valence-electron chi connectivity index (χ3n) is 2.62. The summed E-state index contributed by atoms with van der Waals surface area (Å²) in [5, 5.41) is 2.55. The zero-order valence-electron chi connectivity index (χ0n) is 10.1. The van der Waals surface area contributed by atoms with Crippen LogP contribution >= 0.6 is 11.8 Å². The highest BCUT2D eigenvalue weighted by Crippen LogP contribution is 2.25. The fourth-order valence-corrected chi connectivity index (χ4v) is 5.72. The third-order valence-corrected chi connectivity index (χ3v) is 6.01. The van der Waals surface area contributed by atoms with Gasteiger partial charge in [0.1, 0.15) is 0 Å². The van der Waals surface area contributed by atoms with Gasteiger partial charge in [-0.05, 0) is 12.2 Å². The van der Waals surface area contributed by atoms with Crippen molar-refractivity contribution in [1.29, 1.82) is 0 Å². The SMILES string of the molecule is CCCCSC1CS(=O)(=O)CC1NC(=O)OC. The van der Waals surface area contributed by atoms with E-state index < -0.39 is 15.9 Å². The number of carbonyl (C=O) groups is 1. The van der Waals surface area contributed by atoms with Gasteiger partial charge >= 0.3 is 6.09 Å². The molecule has 2 unspecified atom stereocenters. The van der Waals surface area contributed by atoms with Gasteiger partial charge in [-0.25, -0.2) is 13.2 Å². The van der Waals surface area contributed by atoms with E-state index in [4.69, 9.17) is 0 Å². The Kier molecular flexibility index (Phi) is 5.58. The Bertz CT molecular complexity index is 355. The topological polar surface area (TPSA) is 72.5 Å². The maximum atomic E-state index is 11.5. The van der Waals surface area contributed by atoms with Gasteiger partial charge in [0.2, 0.25) is 0 Å². The van der Waals surface area contributed by atoms with Crippen LogP contribution in [0.3, 0.4) is 0 Å². The van der Waals surface area contributed by atoms with E-state index in [0.717, 1.165) is 18.6 Å². The zero-order chi connectivity index (χ0) is 12.9. The Balaban J connectivity index is 2.55. The minimum absolute atomic E-state index is 0.0197. The number of unbranched alkanes of at least 4 members (excludes halogenated alkanes) is 1. The molecule has 1 N–H and O–H groups in total. The average Bonchev–Trinajstić information content (AvgIpc) is 2.53. The van der Waals surface area contributed by atoms with Crippen molar-refractivity contribution in [2.75, 3.05) is 24.4 Å². The first-order valence-electron chi connectivity index (χ1n) is 5.65. The number of thioether (sulfide) groups is 1. The summed E-state index contributed by atoms with van der Waals surface area (Å²) in [5.41, 5.74) is 0. The first-order valence-corrected chi connectivity index (χ1v) is 8.52. The summed E-state index contributed by atoms with van der Waals surface area (Å²) >= 11 is 1.62. The smallest absolute Gasteiger partial charge is 0.407 e. The first-order chi connectivity index (χ1) is 7.98.